The van der Waals surface area contributed by atoms with E-state index < -0.39 is 0 Å². The van der Waals surface area contributed by atoms with Gasteiger partial charge in [0.05, 0.1) is 23.9 Å². The Morgan fingerprint density at radius 2 is 2.08 bits per heavy atom. The Morgan fingerprint density at radius 1 is 1.32 bits per heavy atom. The summed E-state index contributed by atoms with van der Waals surface area (Å²) in [7, 11) is 3.49. The first-order valence-electron chi connectivity index (χ1n) is 8.49. The average Bonchev–Trinajstić information content (AvgIpc) is 2.91. The number of benzene rings is 1. The van der Waals surface area contributed by atoms with Gasteiger partial charge < -0.3 is 15.4 Å². The van der Waals surface area contributed by atoms with Crippen molar-refractivity contribution in [2.75, 3.05) is 20.7 Å². The fraction of sp³-hybridized carbons (Fsp3) is 0.474. The second-order valence-corrected chi connectivity index (χ2v) is 7.39. The third-order valence-electron chi connectivity index (χ3n) is 4.07. The van der Waals surface area contributed by atoms with Crippen LogP contribution in [0.3, 0.4) is 0 Å². The zero-order valence-electron chi connectivity index (χ0n) is 15.9. The molecule has 6 heteroatoms. The Bertz CT molecular complexity index is 739. The quantitative estimate of drug-likeness (QED) is 0.611. The molecule has 1 aromatic heterocycles. The van der Waals surface area contributed by atoms with Crippen LogP contribution >= 0.6 is 11.3 Å². The number of hydrogen-bond donors (Lipinski definition) is 2. The summed E-state index contributed by atoms with van der Waals surface area (Å²) in [5, 5.41) is 7.94. The number of hydrogen-bond acceptors (Lipinski definition) is 4. The zero-order chi connectivity index (χ0) is 18.4. The molecule has 0 saturated carbocycles. The molecular formula is C19H28N4OS. The predicted molar refractivity (Wildman–Crippen MR) is 106 cm³/mol. The average molecular weight is 361 g/mol. The highest BCUT2D eigenvalue weighted by molar-refractivity contribution is 7.11. The number of aliphatic imine (C=N–C) groups is 1. The standard InChI is InChI=1S/C19H28N4OS/c1-12-7-8-17(24-6)16(11-12)13(2)23-19(20-5)21-10-9-18-14(3)22-15(4)25-18/h7-8,11,13H,9-10H2,1-6H3,(H2,20,21,23). The number of guanidine groups is 1. The van der Waals surface area contributed by atoms with Crippen LogP contribution in [0.2, 0.25) is 0 Å². The van der Waals surface area contributed by atoms with E-state index in [4.69, 9.17) is 4.74 Å². The smallest absolute Gasteiger partial charge is 0.191 e. The molecule has 136 valence electrons. The van der Waals surface area contributed by atoms with Crippen molar-refractivity contribution in [2.45, 2.75) is 40.2 Å². The number of rotatable bonds is 6. The molecule has 5 nitrogen and oxygen atoms in total. The van der Waals surface area contributed by atoms with Gasteiger partial charge in [0.25, 0.3) is 0 Å². The number of ether oxygens (including phenoxy) is 1. The van der Waals surface area contributed by atoms with Gasteiger partial charge in [-0.05, 0) is 33.8 Å². The van der Waals surface area contributed by atoms with Gasteiger partial charge in [-0.3, -0.25) is 4.99 Å². The largest absolute Gasteiger partial charge is 0.496 e. The molecule has 0 bridgehead atoms. The summed E-state index contributed by atoms with van der Waals surface area (Å²) in [6, 6.07) is 6.30. The highest BCUT2D eigenvalue weighted by Crippen LogP contribution is 2.26. The summed E-state index contributed by atoms with van der Waals surface area (Å²) in [6.45, 7) is 9.13. The minimum atomic E-state index is 0.0911. The summed E-state index contributed by atoms with van der Waals surface area (Å²) in [5.74, 6) is 1.67. The van der Waals surface area contributed by atoms with Gasteiger partial charge in [-0.25, -0.2) is 4.98 Å². The lowest BCUT2D eigenvalue weighted by atomic mass is 10.0. The lowest BCUT2D eigenvalue weighted by Gasteiger charge is -2.20. The third kappa shape index (κ3) is 5.19. The van der Waals surface area contributed by atoms with Crippen molar-refractivity contribution in [3.8, 4) is 5.75 Å². The third-order valence-corrected chi connectivity index (χ3v) is 5.21. The number of aromatic nitrogens is 1. The molecule has 0 spiro atoms. The van der Waals surface area contributed by atoms with Crippen LogP contribution in [0.5, 0.6) is 5.75 Å². The second kappa shape index (κ2) is 8.85. The Kier molecular flexibility index (Phi) is 6.82. The van der Waals surface area contributed by atoms with E-state index in [0.29, 0.717) is 0 Å². The van der Waals surface area contributed by atoms with Crippen molar-refractivity contribution in [3.05, 3.63) is 44.9 Å². The molecule has 1 heterocycles. The van der Waals surface area contributed by atoms with Gasteiger partial charge in [-0.2, -0.15) is 0 Å². The van der Waals surface area contributed by atoms with E-state index >= 15 is 0 Å². The van der Waals surface area contributed by atoms with E-state index in [9.17, 15) is 0 Å². The SMILES string of the molecule is CN=C(NCCc1sc(C)nc1C)NC(C)c1cc(C)ccc1OC. The lowest BCUT2D eigenvalue weighted by Crippen LogP contribution is -2.39. The maximum Gasteiger partial charge on any atom is 0.191 e. The predicted octanol–water partition coefficient (Wildman–Crippen LogP) is 3.55. The van der Waals surface area contributed by atoms with Gasteiger partial charge >= 0.3 is 0 Å². The number of thiazole rings is 1. The molecule has 0 aliphatic heterocycles. The van der Waals surface area contributed by atoms with Crippen LogP contribution in [0.25, 0.3) is 0 Å². The van der Waals surface area contributed by atoms with Crippen molar-refractivity contribution in [1.82, 2.24) is 15.6 Å². The lowest BCUT2D eigenvalue weighted by molar-refractivity contribution is 0.405. The van der Waals surface area contributed by atoms with Crippen LogP contribution in [0.1, 0.15) is 39.7 Å². The molecule has 1 unspecified atom stereocenters. The monoisotopic (exact) mass is 360 g/mol. The molecule has 2 rings (SSSR count). The van der Waals surface area contributed by atoms with Crippen LogP contribution in [-0.4, -0.2) is 31.6 Å². The number of nitrogens with zero attached hydrogens (tertiary/aromatic N) is 2. The summed E-state index contributed by atoms with van der Waals surface area (Å²) >= 11 is 1.76. The number of methoxy groups -OCH3 is 1. The first-order chi connectivity index (χ1) is 11.9. The van der Waals surface area contributed by atoms with Crippen LogP contribution in [0, 0.1) is 20.8 Å². The summed E-state index contributed by atoms with van der Waals surface area (Å²) in [6.07, 6.45) is 0.945. The number of nitrogens with one attached hydrogen (secondary N) is 2. The first-order valence-corrected chi connectivity index (χ1v) is 9.30. The van der Waals surface area contributed by atoms with Crippen molar-refractivity contribution in [2.24, 2.45) is 4.99 Å². The molecule has 0 radical (unpaired) electrons. The van der Waals surface area contributed by atoms with Gasteiger partial charge in [-0.15, -0.1) is 11.3 Å². The van der Waals surface area contributed by atoms with Crippen LogP contribution in [0.4, 0.5) is 0 Å². The van der Waals surface area contributed by atoms with E-state index in [-0.39, 0.29) is 6.04 Å². The van der Waals surface area contributed by atoms with E-state index in [1.807, 2.05) is 13.0 Å². The Balaban J connectivity index is 1.95. The molecule has 1 atom stereocenters. The molecule has 0 fully saturated rings. The zero-order valence-corrected chi connectivity index (χ0v) is 16.8. The van der Waals surface area contributed by atoms with Gasteiger partial charge in [0.15, 0.2) is 5.96 Å². The summed E-state index contributed by atoms with van der Waals surface area (Å²) in [4.78, 5) is 10.1. The van der Waals surface area contributed by atoms with Crippen molar-refractivity contribution >= 4 is 17.3 Å². The van der Waals surface area contributed by atoms with Gasteiger partial charge in [0.2, 0.25) is 0 Å². The fourth-order valence-corrected chi connectivity index (χ4v) is 3.71. The topological polar surface area (TPSA) is 58.5 Å². The second-order valence-electron chi connectivity index (χ2n) is 6.10. The molecular weight excluding hydrogens is 332 g/mol. The summed E-state index contributed by atoms with van der Waals surface area (Å²) in [5.41, 5.74) is 3.47. The van der Waals surface area contributed by atoms with E-state index in [1.165, 1.54) is 10.4 Å². The molecule has 2 aromatic rings. The Hall–Kier alpha value is -2.08. The molecule has 0 aliphatic carbocycles. The number of aryl methyl sites for hydroxylation is 3. The maximum absolute atomic E-state index is 5.49. The van der Waals surface area contributed by atoms with Gasteiger partial charge in [0, 0.05) is 30.5 Å². The molecule has 25 heavy (non-hydrogen) atoms. The fourth-order valence-electron chi connectivity index (χ4n) is 2.77. The van der Waals surface area contributed by atoms with Crippen LogP contribution < -0.4 is 15.4 Å². The Labute approximate surface area is 154 Å². The Morgan fingerprint density at radius 3 is 2.68 bits per heavy atom. The van der Waals surface area contributed by atoms with E-state index in [1.54, 1.807) is 25.5 Å². The first kappa shape index (κ1) is 19.2. The van der Waals surface area contributed by atoms with Gasteiger partial charge in [0.1, 0.15) is 5.75 Å². The molecule has 0 amide bonds. The molecule has 0 saturated heterocycles. The van der Waals surface area contributed by atoms with E-state index in [0.717, 1.165) is 40.9 Å². The van der Waals surface area contributed by atoms with Gasteiger partial charge in [-0.1, -0.05) is 17.7 Å². The minimum absolute atomic E-state index is 0.0911. The van der Waals surface area contributed by atoms with E-state index in [2.05, 4.69) is 53.5 Å². The van der Waals surface area contributed by atoms with Crippen molar-refractivity contribution in [3.63, 3.8) is 0 Å². The molecule has 1 aromatic carbocycles. The summed E-state index contributed by atoms with van der Waals surface area (Å²) < 4.78 is 5.49. The molecule has 2 N–H and O–H groups in total. The van der Waals surface area contributed by atoms with Crippen LogP contribution in [0.15, 0.2) is 23.2 Å². The van der Waals surface area contributed by atoms with Crippen molar-refractivity contribution in [1.29, 1.82) is 0 Å². The normalized spacial score (nSPS) is 12.8. The molecule has 0 aliphatic rings. The highest BCUT2D eigenvalue weighted by atomic mass is 32.1. The van der Waals surface area contributed by atoms with Crippen molar-refractivity contribution < 1.29 is 4.74 Å². The maximum atomic E-state index is 5.49. The van der Waals surface area contributed by atoms with Crippen LogP contribution in [-0.2, 0) is 6.42 Å². The minimum Gasteiger partial charge on any atom is -0.496 e. The highest BCUT2D eigenvalue weighted by Gasteiger charge is 2.13.